The third kappa shape index (κ3) is 1.98. The van der Waals surface area contributed by atoms with Crippen LogP contribution in [-0.4, -0.2) is 51.7 Å². The van der Waals surface area contributed by atoms with E-state index in [0.29, 0.717) is 11.6 Å². The number of carbonyl (C=O) groups excluding carboxylic acids is 1. The van der Waals surface area contributed by atoms with Crippen molar-refractivity contribution in [3.63, 3.8) is 0 Å². The Hall–Kier alpha value is -2.34. The molecule has 0 aliphatic carbocycles. The first kappa shape index (κ1) is 13.1. The fourth-order valence-corrected chi connectivity index (χ4v) is 4.15. The molecular weight excluding hydrogens is 290 g/mol. The van der Waals surface area contributed by atoms with Gasteiger partial charge in [0.1, 0.15) is 5.69 Å². The van der Waals surface area contributed by atoms with Crippen molar-refractivity contribution in [2.24, 2.45) is 5.92 Å². The van der Waals surface area contributed by atoms with Gasteiger partial charge in [-0.2, -0.15) is 0 Å². The molecule has 3 aliphatic heterocycles. The lowest BCUT2D eigenvalue weighted by Gasteiger charge is -2.44. The van der Waals surface area contributed by atoms with E-state index in [4.69, 9.17) is 0 Å². The molecule has 0 saturated carbocycles. The second kappa shape index (κ2) is 4.83. The van der Waals surface area contributed by atoms with E-state index in [1.807, 2.05) is 18.2 Å². The van der Waals surface area contributed by atoms with Crippen LogP contribution in [0.3, 0.4) is 0 Å². The minimum Gasteiger partial charge on any atom is -0.346 e. The van der Waals surface area contributed by atoms with Crippen LogP contribution in [0.1, 0.15) is 23.3 Å². The zero-order valence-corrected chi connectivity index (χ0v) is 12.8. The van der Waals surface area contributed by atoms with Crippen LogP contribution in [0.15, 0.2) is 24.4 Å². The van der Waals surface area contributed by atoms with Gasteiger partial charge in [0.15, 0.2) is 0 Å². The lowest BCUT2D eigenvalue weighted by atomic mass is 9.84. The normalized spacial score (nSPS) is 26.9. The van der Waals surface area contributed by atoms with Crippen LogP contribution in [0.2, 0.25) is 0 Å². The number of nitrogens with zero attached hydrogens (tertiary/aromatic N) is 2. The quantitative estimate of drug-likeness (QED) is 0.676. The molecule has 1 aromatic carbocycles. The summed E-state index contributed by atoms with van der Waals surface area (Å²) >= 11 is 0. The van der Waals surface area contributed by atoms with Crippen LogP contribution < -0.4 is 5.32 Å². The Morgan fingerprint density at radius 2 is 2.09 bits per heavy atom. The third-order valence-corrected chi connectivity index (χ3v) is 5.45. The number of H-pyrrole nitrogens is 2. The lowest BCUT2D eigenvalue weighted by molar-refractivity contribution is 0.0618. The first-order valence-electron chi connectivity index (χ1n) is 8.26. The Balaban J connectivity index is 1.47. The zero-order chi connectivity index (χ0) is 15.4. The number of hydrogen-bond donors (Lipinski definition) is 3. The number of carbonyl (C=O) groups is 1. The predicted molar refractivity (Wildman–Crippen MR) is 88.4 cm³/mol. The van der Waals surface area contributed by atoms with E-state index in [1.54, 1.807) is 6.20 Å². The van der Waals surface area contributed by atoms with Gasteiger partial charge in [-0.25, -0.2) is 0 Å². The molecule has 3 saturated heterocycles. The molecule has 6 nitrogen and oxygen atoms in total. The molecule has 23 heavy (non-hydrogen) atoms. The number of aromatic amines is 2. The number of hydrogen-bond acceptors (Lipinski definition) is 3. The van der Waals surface area contributed by atoms with Crippen molar-refractivity contribution in [3.05, 3.63) is 30.1 Å². The molecule has 5 heterocycles. The summed E-state index contributed by atoms with van der Waals surface area (Å²) in [5, 5.41) is 11.4. The highest BCUT2D eigenvalue weighted by Gasteiger charge is 2.35. The summed E-state index contributed by atoms with van der Waals surface area (Å²) in [7, 11) is 0. The molecule has 118 valence electrons. The summed E-state index contributed by atoms with van der Waals surface area (Å²) in [4.78, 5) is 19.6. The number of nitrogens with one attached hydrogen (secondary N) is 3. The highest BCUT2D eigenvalue weighted by atomic mass is 16.2. The van der Waals surface area contributed by atoms with Gasteiger partial charge in [0.05, 0.1) is 11.0 Å². The summed E-state index contributed by atoms with van der Waals surface area (Å²) in [5.74, 6) is 0.596. The molecule has 6 heteroatoms. The molecule has 0 radical (unpaired) electrons. The Morgan fingerprint density at radius 1 is 1.22 bits per heavy atom. The molecule has 6 rings (SSSR count). The van der Waals surface area contributed by atoms with E-state index in [1.165, 1.54) is 25.9 Å². The van der Waals surface area contributed by atoms with Crippen molar-refractivity contribution in [3.8, 4) is 0 Å². The molecule has 3 aromatic rings. The molecule has 3 aliphatic rings. The molecular formula is C17H19N5O. The van der Waals surface area contributed by atoms with Crippen molar-refractivity contribution < 1.29 is 4.79 Å². The van der Waals surface area contributed by atoms with Crippen molar-refractivity contribution >= 4 is 27.7 Å². The molecule has 2 aromatic heterocycles. The summed E-state index contributed by atoms with van der Waals surface area (Å²) in [6.07, 6.45) is 4.18. The predicted octanol–water partition coefficient (Wildman–Crippen LogP) is 1.87. The van der Waals surface area contributed by atoms with Gasteiger partial charge in [0, 0.05) is 29.6 Å². The first-order valence-corrected chi connectivity index (χ1v) is 8.26. The van der Waals surface area contributed by atoms with Crippen LogP contribution in [-0.2, 0) is 0 Å². The fraction of sp³-hybridized carbons (Fsp3) is 0.412. The van der Waals surface area contributed by atoms with E-state index in [2.05, 4.69) is 25.4 Å². The number of aromatic nitrogens is 3. The number of fused-ring (bicyclic) bond motifs is 6. The Kier molecular flexibility index (Phi) is 2.76. The van der Waals surface area contributed by atoms with Crippen molar-refractivity contribution in [1.29, 1.82) is 0 Å². The molecule has 1 amide bonds. The maximum absolute atomic E-state index is 12.7. The number of piperidine rings is 3. The average Bonchev–Trinajstić information content (AvgIpc) is 3.22. The van der Waals surface area contributed by atoms with Gasteiger partial charge in [-0.3, -0.25) is 20.0 Å². The smallest absolute Gasteiger partial charge is 0.270 e. The topological polar surface area (TPSA) is 76.8 Å². The van der Waals surface area contributed by atoms with E-state index in [0.717, 1.165) is 28.4 Å². The summed E-state index contributed by atoms with van der Waals surface area (Å²) in [6, 6.07) is 6.24. The third-order valence-electron chi connectivity index (χ3n) is 5.45. The zero-order valence-electron chi connectivity index (χ0n) is 12.8. The number of rotatable bonds is 2. The second-order valence-corrected chi connectivity index (χ2v) is 6.71. The van der Waals surface area contributed by atoms with Gasteiger partial charge < -0.3 is 10.2 Å². The van der Waals surface area contributed by atoms with Gasteiger partial charge in [0.25, 0.3) is 5.91 Å². The van der Waals surface area contributed by atoms with E-state index in [-0.39, 0.29) is 11.9 Å². The van der Waals surface area contributed by atoms with E-state index >= 15 is 0 Å². The summed E-state index contributed by atoms with van der Waals surface area (Å²) in [6.45, 7) is 3.33. The van der Waals surface area contributed by atoms with Crippen molar-refractivity contribution in [2.75, 3.05) is 19.6 Å². The molecule has 2 bridgehead atoms. The number of benzene rings is 1. The van der Waals surface area contributed by atoms with Crippen LogP contribution in [0, 0.1) is 5.92 Å². The minimum atomic E-state index is -0.0269. The van der Waals surface area contributed by atoms with Gasteiger partial charge >= 0.3 is 0 Å². The highest BCUT2D eigenvalue weighted by Crippen LogP contribution is 2.28. The monoisotopic (exact) mass is 309 g/mol. The van der Waals surface area contributed by atoms with E-state index < -0.39 is 0 Å². The minimum absolute atomic E-state index is 0.0269. The van der Waals surface area contributed by atoms with Gasteiger partial charge in [-0.1, -0.05) is 6.07 Å². The molecule has 3 N–H and O–H groups in total. The fourth-order valence-electron chi connectivity index (χ4n) is 4.15. The summed E-state index contributed by atoms with van der Waals surface area (Å²) in [5.41, 5.74) is 2.40. The first-order chi connectivity index (χ1) is 11.3. The maximum Gasteiger partial charge on any atom is 0.270 e. The molecule has 3 fully saturated rings. The van der Waals surface area contributed by atoms with Gasteiger partial charge in [0.2, 0.25) is 0 Å². The summed E-state index contributed by atoms with van der Waals surface area (Å²) < 4.78 is 0. The molecule has 0 unspecified atom stereocenters. The lowest BCUT2D eigenvalue weighted by Crippen LogP contribution is -2.57. The largest absolute Gasteiger partial charge is 0.346 e. The van der Waals surface area contributed by atoms with Crippen molar-refractivity contribution in [1.82, 2.24) is 25.4 Å². The Bertz CT molecular complexity index is 887. The highest BCUT2D eigenvalue weighted by molar-refractivity contribution is 6.11. The molecule has 1 atom stereocenters. The van der Waals surface area contributed by atoms with Gasteiger partial charge in [-0.15, -0.1) is 0 Å². The standard InChI is InChI=1S/C17H19N5O/c23-17(19-13-9-22-7-4-10(13)5-8-22)16-12-2-1-11-3-6-18-14(11)15(12)20-21-16/h1-3,6,10,13,20-21H,4-5,7-9H2,(H,19,23)/t13-/m1/s1. The Labute approximate surface area is 133 Å². The molecule has 0 spiro atoms. The number of amides is 1. The second-order valence-electron chi connectivity index (χ2n) is 6.71. The van der Waals surface area contributed by atoms with Crippen LogP contribution >= 0.6 is 0 Å². The van der Waals surface area contributed by atoms with Crippen molar-refractivity contribution in [2.45, 2.75) is 18.9 Å². The van der Waals surface area contributed by atoms with Crippen LogP contribution in [0.25, 0.3) is 21.8 Å². The Morgan fingerprint density at radius 3 is 2.87 bits per heavy atom. The van der Waals surface area contributed by atoms with Crippen LogP contribution in [0.5, 0.6) is 0 Å². The van der Waals surface area contributed by atoms with Crippen LogP contribution in [0.4, 0.5) is 0 Å². The SMILES string of the molecule is O=C(N[C@@H]1CN2CCC1CC2)c1[nH][nH]c2c1ccc1ccnc12. The van der Waals surface area contributed by atoms with E-state index in [9.17, 15) is 4.79 Å². The van der Waals surface area contributed by atoms with Gasteiger partial charge in [-0.05, 0) is 44.0 Å². The maximum atomic E-state index is 12.7. The average molecular weight is 309 g/mol.